The largest absolute Gasteiger partial charge is 0.468 e. The molecule has 3 rings (SSSR count). The number of furan rings is 1. The molecule has 1 amide bonds. The van der Waals surface area contributed by atoms with Crippen molar-refractivity contribution in [2.45, 2.75) is 11.4 Å². The zero-order valence-corrected chi connectivity index (χ0v) is 14.7. The first-order chi connectivity index (χ1) is 12.6. The van der Waals surface area contributed by atoms with Gasteiger partial charge in [-0.1, -0.05) is 36.4 Å². The van der Waals surface area contributed by atoms with Crippen LogP contribution in [0, 0.1) is 0 Å². The monoisotopic (exact) mass is 370 g/mol. The number of amides is 1. The number of nitrogens with one attached hydrogen (secondary N) is 1. The van der Waals surface area contributed by atoms with Crippen molar-refractivity contribution in [1.82, 2.24) is 4.31 Å². The van der Waals surface area contributed by atoms with Gasteiger partial charge < -0.3 is 9.73 Å². The van der Waals surface area contributed by atoms with Crippen LogP contribution in [-0.2, 0) is 21.4 Å². The number of carbonyl (C=O) groups excluding carboxylic acids is 1. The Morgan fingerprint density at radius 3 is 2.19 bits per heavy atom. The molecule has 0 saturated carbocycles. The molecule has 6 nitrogen and oxygen atoms in total. The fourth-order valence-electron chi connectivity index (χ4n) is 2.43. The molecule has 0 unspecified atom stereocenters. The normalized spacial score (nSPS) is 11.4. The molecule has 1 N–H and O–H groups in total. The van der Waals surface area contributed by atoms with Gasteiger partial charge in [0, 0.05) is 5.69 Å². The zero-order chi connectivity index (χ0) is 18.4. The zero-order valence-electron chi connectivity index (χ0n) is 13.9. The van der Waals surface area contributed by atoms with Crippen LogP contribution in [-0.4, -0.2) is 25.2 Å². The van der Waals surface area contributed by atoms with Gasteiger partial charge in [-0.2, -0.15) is 4.31 Å². The molecule has 7 heteroatoms. The second kappa shape index (κ2) is 7.99. The number of sulfonamides is 1. The van der Waals surface area contributed by atoms with Crippen molar-refractivity contribution in [1.29, 1.82) is 0 Å². The Morgan fingerprint density at radius 1 is 0.923 bits per heavy atom. The highest BCUT2D eigenvalue weighted by atomic mass is 32.2. The molecule has 2 aromatic carbocycles. The van der Waals surface area contributed by atoms with Crippen molar-refractivity contribution in [2.75, 3.05) is 11.9 Å². The third-order valence-corrected chi connectivity index (χ3v) is 5.48. The van der Waals surface area contributed by atoms with E-state index in [9.17, 15) is 13.2 Å². The number of carbonyl (C=O) groups is 1. The van der Waals surface area contributed by atoms with Crippen LogP contribution >= 0.6 is 0 Å². The van der Waals surface area contributed by atoms with E-state index in [-0.39, 0.29) is 18.0 Å². The predicted molar refractivity (Wildman–Crippen MR) is 97.8 cm³/mol. The summed E-state index contributed by atoms with van der Waals surface area (Å²) < 4.78 is 32.3. The molecule has 0 spiro atoms. The van der Waals surface area contributed by atoms with Gasteiger partial charge >= 0.3 is 0 Å². The lowest BCUT2D eigenvalue weighted by molar-refractivity contribution is -0.116. The van der Waals surface area contributed by atoms with E-state index < -0.39 is 15.9 Å². The summed E-state index contributed by atoms with van der Waals surface area (Å²) in [4.78, 5) is 12.5. The predicted octanol–water partition coefficient (Wildman–Crippen LogP) is 3.11. The molecular weight excluding hydrogens is 352 g/mol. The van der Waals surface area contributed by atoms with Crippen molar-refractivity contribution in [3.8, 4) is 0 Å². The number of anilines is 1. The number of nitrogens with zero attached hydrogens (tertiary/aromatic N) is 1. The van der Waals surface area contributed by atoms with E-state index in [0.29, 0.717) is 11.4 Å². The molecule has 0 aliphatic carbocycles. The summed E-state index contributed by atoms with van der Waals surface area (Å²) in [5.41, 5.74) is 0.604. The lowest BCUT2D eigenvalue weighted by Crippen LogP contribution is -2.37. The van der Waals surface area contributed by atoms with Gasteiger partial charge in [-0.25, -0.2) is 8.42 Å². The lowest BCUT2D eigenvalue weighted by atomic mass is 10.3. The Balaban J connectivity index is 1.82. The average Bonchev–Trinajstić information content (AvgIpc) is 3.16. The Hall–Kier alpha value is -2.90. The minimum Gasteiger partial charge on any atom is -0.468 e. The van der Waals surface area contributed by atoms with Gasteiger partial charge in [0.25, 0.3) is 0 Å². The van der Waals surface area contributed by atoms with E-state index in [1.54, 1.807) is 54.6 Å². The van der Waals surface area contributed by atoms with E-state index in [1.807, 2.05) is 6.07 Å². The van der Waals surface area contributed by atoms with Crippen LogP contribution in [0.1, 0.15) is 5.76 Å². The lowest BCUT2D eigenvalue weighted by Gasteiger charge is -2.21. The SMILES string of the molecule is O=C(CN(Cc1ccco1)S(=O)(=O)c1ccccc1)Nc1ccccc1. The van der Waals surface area contributed by atoms with Crippen LogP contribution in [0.2, 0.25) is 0 Å². The first kappa shape index (κ1) is 17.9. The third-order valence-electron chi connectivity index (χ3n) is 3.67. The summed E-state index contributed by atoms with van der Waals surface area (Å²) in [6.45, 7) is -0.362. The van der Waals surface area contributed by atoms with Crippen molar-refractivity contribution in [3.63, 3.8) is 0 Å². The van der Waals surface area contributed by atoms with Gasteiger partial charge in [-0.3, -0.25) is 4.79 Å². The second-order valence-electron chi connectivity index (χ2n) is 5.58. The van der Waals surface area contributed by atoms with Crippen LogP contribution in [0.3, 0.4) is 0 Å². The van der Waals surface area contributed by atoms with Crippen LogP contribution in [0.5, 0.6) is 0 Å². The summed E-state index contributed by atoms with van der Waals surface area (Å²) in [7, 11) is -3.85. The van der Waals surface area contributed by atoms with Crippen molar-refractivity contribution in [3.05, 3.63) is 84.8 Å². The molecule has 0 bridgehead atoms. The molecule has 0 aliphatic heterocycles. The number of para-hydroxylation sites is 1. The highest BCUT2D eigenvalue weighted by Gasteiger charge is 2.27. The number of hydrogen-bond acceptors (Lipinski definition) is 4. The van der Waals surface area contributed by atoms with E-state index in [0.717, 1.165) is 4.31 Å². The number of rotatable bonds is 7. The summed E-state index contributed by atoms with van der Waals surface area (Å²) in [6, 6.07) is 20.2. The van der Waals surface area contributed by atoms with Crippen molar-refractivity contribution < 1.29 is 17.6 Å². The smallest absolute Gasteiger partial charge is 0.243 e. The number of benzene rings is 2. The first-order valence-corrected chi connectivity index (χ1v) is 9.42. The van der Waals surface area contributed by atoms with Crippen LogP contribution in [0.15, 0.2) is 88.4 Å². The van der Waals surface area contributed by atoms with Gasteiger partial charge in [-0.05, 0) is 36.4 Å². The van der Waals surface area contributed by atoms with E-state index in [4.69, 9.17) is 4.42 Å². The van der Waals surface area contributed by atoms with Gasteiger partial charge in [0.15, 0.2) is 0 Å². The van der Waals surface area contributed by atoms with Crippen LogP contribution in [0.4, 0.5) is 5.69 Å². The molecule has 0 aliphatic rings. The van der Waals surface area contributed by atoms with Gasteiger partial charge in [0.2, 0.25) is 15.9 Å². The third kappa shape index (κ3) is 4.38. The maximum atomic E-state index is 13.0. The fourth-order valence-corrected chi connectivity index (χ4v) is 3.81. The molecule has 26 heavy (non-hydrogen) atoms. The topological polar surface area (TPSA) is 79.6 Å². The van der Waals surface area contributed by atoms with Crippen molar-refractivity contribution >= 4 is 21.6 Å². The van der Waals surface area contributed by atoms with Gasteiger partial charge in [0.05, 0.1) is 24.2 Å². The Labute approximate surface area is 152 Å². The fraction of sp³-hybridized carbons (Fsp3) is 0.105. The quantitative estimate of drug-likeness (QED) is 0.693. The summed E-state index contributed by atoms with van der Waals surface area (Å²) in [6.07, 6.45) is 1.46. The van der Waals surface area contributed by atoms with E-state index >= 15 is 0 Å². The molecule has 0 atom stereocenters. The Morgan fingerprint density at radius 2 is 1.58 bits per heavy atom. The number of hydrogen-bond donors (Lipinski definition) is 1. The standard InChI is InChI=1S/C19H18N2O4S/c22-19(20-16-8-3-1-4-9-16)15-21(14-17-10-7-13-25-17)26(23,24)18-11-5-2-6-12-18/h1-13H,14-15H2,(H,20,22). The molecule has 0 radical (unpaired) electrons. The van der Waals surface area contributed by atoms with Gasteiger partial charge in [-0.15, -0.1) is 0 Å². The summed E-state index contributed by atoms with van der Waals surface area (Å²) in [5.74, 6) is 0.0271. The van der Waals surface area contributed by atoms with Gasteiger partial charge in [0.1, 0.15) is 5.76 Å². The second-order valence-corrected chi connectivity index (χ2v) is 7.52. The molecule has 3 aromatic rings. The Bertz CT molecular complexity index is 940. The molecule has 1 aromatic heterocycles. The maximum absolute atomic E-state index is 13.0. The average molecular weight is 370 g/mol. The maximum Gasteiger partial charge on any atom is 0.243 e. The van der Waals surface area contributed by atoms with Crippen molar-refractivity contribution in [2.24, 2.45) is 0 Å². The Kier molecular flexibility index (Phi) is 5.50. The minimum absolute atomic E-state index is 0.0353. The molecule has 134 valence electrons. The highest BCUT2D eigenvalue weighted by Crippen LogP contribution is 2.18. The molecule has 0 fully saturated rings. The molecular formula is C19H18N2O4S. The van der Waals surface area contributed by atoms with Crippen LogP contribution < -0.4 is 5.32 Å². The highest BCUT2D eigenvalue weighted by molar-refractivity contribution is 7.89. The van der Waals surface area contributed by atoms with Crippen LogP contribution in [0.25, 0.3) is 0 Å². The summed E-state index contributed by atoms with van der Waals surface area (Å²) in [5, 5.41) is 2.70. The van der Waals surface area contributed by atoms with E-state index in [2.05, 4.69) is 5.32 Å². The summed E-state index contributed by atoms with van der Waals surface area (Å²) >= 11 is 0. The minimum atomic E-state index is -3.85. The molecule has 0 saturated heterocycles. The van der Waals surface area contributed by atoms with E-state index in [1.165, 1.54) is 18.4 Å². The molecule has 1 heterocycles. The first-order valence-electron chi connectivity index (χ1n) is 7.98.